The number of hydrogen-bond donors (Lipinski definition) is 0. The van der Waals surface area contributed by atoms with E-state index in [1.807, 2.05) is 0 Å². The molecule has 1 aliphatic carbocycles. The third-order valence-electron chi connectivity index (χ3n) is 4.04. The predicted molar refractivity (Wildman–Crippen MR) is 86.2 cm³/mol. The highest BCUT2D eigenvalue weighted by atomic mass is 35.5. The molecule has 0 fully saturated rings. The molecule has 0 heterocycles. The van der Waals surface area contributed by atoms with Crippen LogP contribution < -0.4 is 0 Å². The van der Waals surface area contributed by atoms with E-state index >= 15 is 0 Å². The van der Waals surface area contributed by atoms with Gasteiger partial charge in [-0.1, -0.05) is 56.0 Å². The fourth-order valence-electron chi connectivity index (χ4n) is 2.99. The topological polar surface area (TPSA) is 0 Å². The second kappa shape index (κ2) is 5.00. The number of halogens is 1. The van der Waals surface area contributed by atoms with Crippen molar-refractivity contribution in [2.24, 2.45) is 0 Å². The Labute approximate surface area is 125 Å². The molecule has 0 N–H and O–H groups in total. The Morgan fingerprint density at radius 1 is 1.00 bits per heavy atom. The molecule has 3 rings (SSSR count). The van der Waals surface area contributed by atoms with Gasteiger partial charge in [-0.25, -0.2) is 0 Å². The lowest BCUT2D eigenvalue weighted by Gasteiger charge is -2.21. The highest BCUT2D eigenvalue weighted by Crippen LogP contribution is 2.48. The van der Waals surface area contributed by atoms with Crippen LogP contribution in [0, 0.1) is 11.8 Å². The average Bonchev–Trinajstić information content (AvgIpc) is 2.69. The summed E-state index contributed by atoms with van der Waals surface area (Å²) in [7, 11) is 0. The Hall–Kier alpha value is -1.71. The second-order valence-corrected chi connectivity index (χ2v) is 6.05. The van der Waals surface area contributed by atoms with Crippen molar-refractivity contribution < 1.29 is 0 Å². The van der Waals surface area contributed by atoms with Gasteiger partial charge >= 0.3 is 0 Å². The first-order valence-electron chi connectivity index (χ1n) is 6.94. The van der Waals surface area contributed by atoms with Gasteiger partial charge in [-0.15, -0.1) is 11.6 Å². The number of benzene rings is 2. The molecule has 20 heavy (non-hydrogen) atoms. The molecule has 0 atom stereocenters. The van der Waals surface area contributed by atoms with Crippen LogP contribution in [0.3, 0.4) is 0 Å². The van der Waals surface area contributed by atoms with Crippen molar-refractivity contribution in [1.82, 2.24) is 0 Å². The molecule has 0 aliphatic heterocycles. The molecule has 0 radical (unpaired) electrons. The molecule has 2 aromatic rings. The molecule has 0 saturated heterocycles. The number of fused-ring (bicyclic) bond motifs is 3. The molecule has 100 valence electrons. The van der Waals surface area contributed by atoms with E-state index in [1.165, 1.54) is 22.3 Å². The van der Waals surface area contributed by atoms with E-state index in [0.717, 1.165) is 12.0 Å². The van der Waals surface area contributed by atoms with E-state index in [9.17, 15) is 0 Å². The summed E-state index contributed by atoms with van der Waals surface area (Å²) in [6.45, 7) is 4.57. The van der Waals surface area contributed by atoms with Gasteiger partial charge in [0, 0.05) is 23.3 Å². The van der Waals surface area contributed by atoms with Crippen molar-refractivity contribution in [3.05, 3.63) is 59.2 Å². The van der Waals surface area contributed by atoms with Crippen LogP contribution in [0.5, 0.6) is 0 Å². The van der Waals surface area contributed by atoms with Crippen molar-refractivity contribution in [2.45, 2.75) is 25.7 Å². The number of alkyl halides is 1. The van der Waals surface area contributed by atoms with Crippen LogP contribution >= 0.6 is 11.6 Å². The lowest BCUT2D eigenvalue weighted by molar-refractivity contribution is 0.660. The summed E-state index contributed by atoms with van der Waals surface area (Å²) in [6, 6.07) is 15.2. The maximum Gasteiger partial charge on any atom is 0.0333 e. The largest absolute Gasteiger partial charge is 0.126 e. The monoisotopic (exact) mass is 280 g/mol. The van der Waals surface area contributed by atoms with Crippen LogP contribution in [0.4, 0.5) is 0 Å². The third kappa shape index (κ3) is 2.03. The van der Waals surface area contributed by atoms with E-state index in [-0.39, 0.29) is 5.41 Å². The molecule has 0 aromatic heterocycles. The summed E-state index contributed by atoms with van der Waals surface area (Å²) in [5, 5.41) is 0. The fourth-order valence-corrected chi connectivity index (χ4v) is 3.09. The first-order valence-corrected chi connectivity index (χ1v) is 7.47. The van der Waals surface area contributed by atoms with E-state index < -0.39 is 0 Å². The van der Waals surface area contributed by atoms with E-state index in [4.69, 9.17) is 11.6 Å². The van der Waals surface area contributed by atoms with Crippen LogP contribution in [0.15, 0.2) is 42.5 Å². The molecule has 1 aliphatic rings. The Bertz CT molecular complexity index is 714. The van der Waals surface area contributed by atoms with Crippen molar-refractivity contribution in [1.29, 1.82) is 0 Å². The summed E-state index contributed by atoms with van der Waals surface area (Å²) in [5.74, 6) is 6.91. The normalized spacial score (nSPS) is 14.2. The van der Waals surface area contributed by atoms with Gasteiger partial charge in [0.25, 0.3) is 0 Å². The van der Waals surface area contributed by atoms with Crippen molar-refractivity contribution in [3.8, 4) is 23.0 Å². The lowest BCUT2D eigenvalue weighted by Crippen LogP contribution is -2.14. The SMILES string of the molecule is CC1(C)c2ccccc2-c2ccc(C#CCCCl)cc21. The van der Waals surface area contributed by atoms with Crippen molar-refractivity contribution in [3.63, 3.8) is 0 Å². The molecular weight excluding hydrogens is 264 g/mol. The Morgan fingerprint density at radius 2 is 1.75 bits per heavy atom. The van der Waals surface area contributed by atoms with Crippen LogP contribution in [0.1, 0.15) is 37.0 Å². The molecule has 2 aromatic carbocycles. The minimum Gasteiger partial charge on any atom is -0.126 e. The maximum atomic E-state index is 5.67. The zero-order chi connectivity index (χ0) is 14.2. The Balaban J connectivity index is 2.11. The van der Waals surface area contributed by atoms with Gasteiger partial charge in [0.2, 0.25) is 0 Å². The van der Waals surface area contributed by atoms with Gasteiger partial charge in [-0.2, -0.15) is 0 Å². The summed E-state index contributed by atoms with van der Waals surface area (Å²) in [4.78, 5) is 0. The minimum absolute atomic E-state index is 0.0517. The van der Waals surface area contributed by atoms with Crippen molar-refractivity contribution >= 4 is 11.6 Å². The van der Waals surface area contributed by atoms with E-state index in [1.54, 1.807) is 0 Å². The summed E-state index contributed by atoms with van der Waals surface area (Å²) in [5.41, 5.74) is 6.60. The predicted octanol–water partition coefficient (Wildman–Crippen LogP) is 4.97. The van der Waals surface area contributed by atoms with E-state index in [2.05, 4.69) is 68.2 Å². The standard InChI is InChI=1S/C19H17Cl/c1-19(2)17-9-4-3-8-15(17)16-11-10-14(13-18(16)19)7-5-6-12-20/h3-4,8-11,13H,6,12H2,1-2H3. The van der Waals surface area contributed by atoms with Gasteiger partial charge in [-0.3, -0.25) is 0 Å². The van der Waals surface area contributed by atoms with Gasteiger partial charge in [0.1, 0.15) is 0 Å². The molecule has 0 unspecified atom stereocenters. The van der Waals surface area contributed by atoms with Gasteiger partial charge in [-0.05, 0) is 34.4 Å². The molecule has 0 saturated carbocycles. The highest BCUT2D eigenvalue weighted by Gasteiger charge is 2.34. The quantitative estimate of drug-likeness (QED) is 0.511. The molecular formula is C19H17Cl. The lowest BCUT2D eigenvalue weighted by atomic mass is 9.82. The summed E-state index contributed by atoms with van der Waals surface area (Å²) >= 11 is 5.67. The average molecular weight is 281 g/mol. The molecule has 1 heteroatoms. The first kappa shape index (κ1) is 13.3. The number of rotatable bonds is 1. The third-order valence-corrected chi connectivity index (χ3v) is 4.22. The van der Waals surface area contributed by atoms with Crippen LogP contribution in [0.2, 0.25) is 0 Å². The molecule has 0 amide bonds. The summed E-state index contributed by atoms with van der Waals surface area (Å²) < 4.78 is 0. The Morgan fingerprint density at radius 3 is 2.55 bits per heavy atom. The van der Waals surface area contributed by atoms with Gasteiger partial charge < -0.3 is 0 Å². The zero-order valence-electron chi connectivity index (χ0n) is 11.8. The van der Waals surface area contributed by atoms with Crippen LogP contribution in [-0.4, -0.2) is 5.88 Å². The first-order chi connectivity index (χ1) is 9.64. The van der Waals surface area contributed by atoms with Gasteiger partial charge in [0.15, 0.2) is 0 Å². The fraction of sp³-hybridized carbons (Fsp3) is 0.263. The number of hydrogen-bond acceptors (Lipinski definition) is 0. The summed E-state index contributed by atoms with van der Waals surface area (Å²) in [6.07, 6.45) is 0.738. The van der Waals surface area contributed by atoms with E-state index in [0.29, 0.717) is 5.88 Å². The smallest absolute Gasteiger partial charge is 0.0333 e. The van der Waals surface area contributed by atoms with Crippen molar-refractivity contribution in [2.75, 3.05) is 5.88 Å². The maximum absolute atomic E-state index is 5.67. The minimum atomic E-state index is 0.0517. The molecule has 0 spiro atoms. The van der Waals surface area contributed by atoms with Crippen LogP contribution in [-0.2, 0) is 5.41 Å². The highest BCUT2D eigenvalue weighted by molar-refractivity contribution is 6.18. The Kier molecular flexibility index (Phi) is 3.32. The zero-order valence-corrected chi connectivity index (χ0v) is 12.6. The second-order valence-electron chi connectivity index (χ2n) is 5.67. The van der Waals surface area contributed by atoms with Crippen LogP contribution in [0.25, 0.3) is 11.1 Å². The molecule has 0 bridgehead atoms. The van der Waals surface area contributed by atoms with Gasteiger partial charge in [0.05, 0.1) is 0 Å². The molecule has 0 nitrogen and oxygen atoms in total.